The maximum Gasteiger partial charge on any atom is 0.343 e. The van der Waals surface area contributed by atoms with Crippen LogP contribution < -0.4 is 16.1 Å². The first-order valence-electron chi connectivity index (χ1n) is 17.1. The van der Waals surface area contributed by atoms with Crippen LogP contribution in [0.25, 0.3) is 44.2 Å². The molecule has 0 saturated carbocycles. The number of pyridine rings is 1. The average Bonchev–Trinajstić information content (AvgIpc) is 3.57. The molecule has 52 heavy (non-hydrogen) atoms. The van der Waals surface area contributed by atoms with Crippen LogP contribution in [-0.4, -0.2) is 73.7 Å². The normalized spacial score (nSPS) is 14.5. The minimum Gasteiger partial charge on any atom is -0.424 e. The van der Waals surface area contributed by atoms with Crippen molar-refractivity contribution < 1.29 is 13.9 Å². The Kier molecular flexibility index (Phi) is 8.75. The first-order valence-corrected chi connectivity index (χ1v) is 17.1. The van der Waals surface area contributed by atoms with Crippen LogP contribution in [0.15, 0.2) is 113 Å². The largest absolute Gasteiger partial charge is 0.424 e. The van der Waals surface area contributed by atoms with Gasteiger partial charge in [0.1, 0.15) is 35.4 Å². The Bertz CT molecular complexity index is 2490. The second-order valence-electron chi connectivity index (χ2n) is 13.0. The molecule has 3 aromatic carbocycles. The van der Waals surface area contributed by atoms with E-state index >= 15 is 0 Å². The number of rotatable bonds is 8. The molecule has 1 atom stereocenters. The third-order valence-corrected chi connectivity index (χ3v) is 9.55. The molecule has 12 nitrogen and oxygen atoms in total. The van der Waals surface area contributed by atoms with Gasteiger partial charge in [0.05, 0.1) is 22.5 Å². The summed E-state index contributed by atoms with van der Waals surface area (Å²) < 4.78 is 13.6. The summed E-state index contributed by atoms with van der Waals surface area (Å²) in [7, 11) is 2.15. The Morgan fingerprint density at radius 3 is 2.48 bits per heavy atom. The minimum atomic E-state index is -0.619. The number of carbonyl (C=O) groups excluding carboxylic acids is 1. The Hall–Kier alpha value is -6.24. The van der Waals surface area contributed by atoms with Gasteiger partial charge in [-0.15, -0.1) is 0 Å². The zero-order chi connectivity index (χ0) is 35.8. The molecule has 12 heteroatoms. The monoisotopic (exact) mass is 692 g/mol. The fourth-order valence-corrected chi connectivity index (χ4v) is 6.82. The molecule has 2 N–H and O–H groups in total. The van der Waals surface area contributed by atoms with Gasteiger partial charge < -0.3 is 19.8 Å². The molecule has 0 unspecified atom stereocenters. The summed E-state index contributed by atoms with van der Waals surface area (Å²) in [5.74, 6) is 0.355. The van der Waals surface area contributed by atoms with Gasteiger partial charge in [0.2, 0.25) is 0 Å². The predicted molar refractivity (Wildman–Crippen MR) is 199 cm³/mol. The van der Waals surface area contributed by atoms with E-state index in [-0.39, 0.29) is 11.6 Å². The van der Waals surface area contributed by atoms with Crippen molar-refractivity contribution in [2.75, 3.05) is 39.0 Å². The van der Waals surface area contributed by atoms with E-state index in [1.165, 1.54) is 18.1 Å². The molecule has 0 spiro atoms. The van der Waals surface area contributed by atoms with Gasteiger partial charge in [0.15, 0.2) is 5.65 Å². The molecule has 1 saturated heterocycles. The molecule has 7 aromatic rings. The van der Waals surface area contributed by atoms with Gasteiger partial charge in [-0.1, -0.05) is 54.6 Å². The number of piperazine rings is 1. The standard InChI is InChI=1S/C40H36N8O4/c1-25(36-33(31-13-6-7-14-32(31)40(50)52-36)28-12-8-9-26(19-28)23-47-17-15-46(2)16-18-47)48-38-34(37(41)43-24-44-38)35(45-48)29-20-30(22-42-21-29)51-39(49)27-10-4-3-5-11-27/h3-14,19-22,24-25H,15-18,23H2,1-2H3,(H2,41,43,44)/t25-/m0/s1. The summed E-state index contributed by atoms with van der Waals surface area (Å²) in [6.07, 6.45) is 4.44. The first kappa shape index (κ1) is 32.9. The van der Waals surface area contributed by atoms with Crippen LogP contribution in [-0.2, 0) is 6.54 Å². The Morgan fingerprint density at radius 2 is 1.67 bits per heavy atom. The van der Waals surface area contributed by atoms with E-state index in [4.69, 9.17) is 20.0 Å². The zero-order valence-electron chi connectivity index (χ0n) is 28.8. The number of aromatic nitrogens is 5. The van der Waals surface area contributed by atoms with Crippen LogP contribution in [0.3, 0.4) is 0 Å². The topological polar surface area (TPSA) is 146 Å². The first-order chi connectivity index (χ1) is 25.3. The zero-order valence-corrected chi connectivity index (χ0v) is 28.8. The van der Waals surface area contributed by atoms with Crippen molar-refractivity contribution in [1.29, 1.82) is 0 Å². The van der Waals surface area contributed by atoms with E-state index in [1.54, 1.807) is 47.3 Å². The molecule has 0 aliphatic carbocycles. The van der Waals surface area contributed by atoms with Crippen LogP contribution in [0, 0.1) is 0 Å². The van der Waals surface area contributed by atoms with Crippen molar-refractivity contribution in [3.8, 4) is 28.1 Å². The summed E-state index contributed by atoms with van der Waals surface area (Å²) in [6.45, 7) is 6.79. The number of hydrogen-bond acceptors (Lipinski definition) is 11. The summed E-state index contributed by atoms with van der Waals surface area (Å²) in [6, 6.07) is 25.7. The number of esters is 1. The molecule has 8 rings (SSSR count). The van der Waals surface area contributed by atoms with Crippen LogP contribution in [0.4, 0.5) is 5.82 Å². The van der Waals surface area contributed by atoms with E-state index in [0.29, 0.717) is 39.0 Å². The lowest BCUT2D eigenvalue weighted by Crippen LogP contribution is -2.43. The number of nitrogens with zero attached hydrogens (tertiary/aromatic N) is 7. The number of nitrogen functional groups attached to an aromatic ring is 1. The van der Waals surface area contributed by atoms with Crippen molar-refractivity contribution in [1.82, 2.24) is 34.5 Å². The highest BCUT2D eigenvalue weighted by molar-refractivity contribution is 5.99. The molecule has 5 heterocycles. The van der Waals surface area contributed by atoms with Crippen molar-refractivity contribution in [3.05, 3.63) is 131 Å². The Morgan fingerprint density at radius 1 is 0.904 bits per heavy atom. The number of hydrogen-bond donors (Lipinski definition) is 1. The van der Waals surface area contributed by atoms with Gasteiger partial charge in [0.25, 0.3) is 0 Å². The lowest BCUT2D eigenvalue weighted by atomic mass is 9.94. The smallest absolute Gasteiger partial charge is 0.343 e. The molecule has 1 aliphatic rings. The van der Waals surface area contributed by atoms with Crippen molar-refractivity contribution in [3.63, 3.8) is 0 Å². The number of likely N-dealkylation sites (N-methyl/N-ethyl adjacent to an activating group) is 1. The van der Waals surface area contributed by atoms with Crippen molar-refractivity contribution >= 4 is 33.6 Å². The van der Waals surface area contributed by atoms with Gasteiger partial charge in [0, 0.05) is 55.4 Å². The van der Waals surface area contributed by atoms with Gasteiger partial charge in [-0.2, -0.15) is 5.10 Å². The fourth-order valence-electron chi connectivity index (χ4n) is 6.82. The lowest BCUT2D eigenvalue weighted by Gasteiger charge is -2.32. The molecular weight excluding hydrogens is 656 g/mol. The highest BCUT2D eigenvalue weighted by atomic mass is 16.5. The van der Waals surface area contributed by atoms with Crippen molar-refractivity contribution in [2.24, 2.45) is 0 Å². The third-order valence-electron chi connectivity index (χ3n) is 9.55. The predicted octanol–water partition coefficient (Wildman–Crippen LogP) is 5.82. The quantitative estimate of drug-likeness (QED) is 0.192. The van der Waals surface area contributed by atoms with Gasteiger partial charge in [-0.3, -0.25) is 9.88 Å². The van der Waals surface area contributed by atoms with E-state index in [9.17, 15) is 9.59 Å². The summed E-state index contributed by atoms with van der Waals surface area (Å²) in [5.41, 5.74) is 10.7. The van der Waals surface area contributed by atoms with Crippen LogP contribution in [0.1, 0.15) is 34.6 Å². The van der Waals surface area contributed by atoms with E-state index in [0.717, 1.165) is 49.2 Å². The number of anilines is 1. The highest BCUT2D eigenvalue weighted by Crippen LogP contribution is 2.39. The summed E-state index contributed by atoms with van der Waals surface area (Å²) >= 11 is 0. The third kappa shape index (κ3) is 6.29. The van der Waals surface area contributed by atoms with E-state index < -0.39 is 17.6 Å². The van der Waals surface area contributed by atoms with Gasteiger partial charge >= 0.3 is 11.6 Å². The minimum absolute atomic E-state index is 0.210. The maximum atomic E-state index is 13.5. The van der Waals surface area contributed by atoms with Crippen molar-refractivity contribution in [2.45, 2.75) is 19.5 Å². The molecule has 1 fully saturated rings. The van der Waals surface area contributed by atoms with Crippen LogP contribution in [0.5, 0.6) is 5.75 Å². The Balaban J connectivity index is 1.22. The van der Waals surface area contributed by atoms with E-state index in [1.807, 2.05) is 37.3 Å². The van der Waals surface area contributed by atoms with E-state index in [2.05, 4.69) is 50.0 Å². The number of nitrogens with two attached hydrogens (primary N) is 1. The molecular formula is C40H36N8O4. The van der Waals surface area contributed by atoms with Crippen LogP contribution >= 0.6 is 0 Å². The summed E-state index contributed by atoms with van der Waals surface area (Å²) in [4.78, 5) is 44.4. The molecule has 260 valence electrons. The van der Waals surface area contributed by atoms with Gasteiger partial charge in [-0.25, -0.2) is 24.2 Å². The summed E-state index contributed by atoms with van der Waals surface area (Å²) in [5, 5.41) is 6.76. The molecule has 1 aliphatic heterocycles. The fraction of sp³-hybridized carbons (Fsp3) is 0.200. The second-order valence-corrected chi connectivity index (χ2v) is 13.0. The molecule has 4 aromatic heterocycles. The number of ether oxygens (including phenoxy) is 1. The van der Waals surface area contributed by atoms with Gasteiger partial charge in [-0.05, 0) is 55.4 Å². The number of fused-ring (bicyclic) bond motifs is 2. The van der Waals surface area contributed by atoms with Crippen LogP contribution in [0.2, 0.25) is 0 Å². The maximum absolute atomic E-state index is 13.5. The highest BCUT2D eigenvalue weighted by Gasteiger charge is 2.27. The average molecular weight is 693 g/mol. The number of benzene rings is 3. The number of carbonyl (C=O) groups is 1. The SMILES string of the molecule is C[C@@H](c1oc(=O)c2ccccc2c1-c1cccc(CN2CCN(C)CC2)c1)n1nc(-c2cncc(OC(=O)c3ccccc3)c2)c2c(N)ncnc21. The molecule has 0 radical (unpaired) electrons. The Labute approximate surface area is 299 Å². The second kappa shape index (κ2) is 13.8. The molecule has 0 amide bonds. The lowest BCUT2D eigenvalue weighted by molar-refractivity contribution is 0.0734. The molecule has 0 bridgehead atoms.